The number of aryl methyl sites for hydroxylation is 3. The molecule has 0 N–H and O–H groups in total. The van der Waals surface area contributed by atoms with E-state index < -0.39 is 17.8 Å². The fraction of sp³-hybridized carbons (Fsp3) is 0.182. The summed E-state index contributed by atoms with van der Waals surface area (Å²) in [5.74, 6) is -1.14. The number of benzene rings is 2. The summed E-state index contributed by atoms with van der Waals surface area (Å²) >= 11 is 1.20. The fourth-order valence-corrected chi connectivity index (χ4v) is 4.51. The molecule has 6 nitrogen and oxygen atoms in total. The Morgan fingerprint density at radius 1 is 1.07 bits per heavy atom. The molecule has 0 fully saturated rings. The number of carbonyl (C=O) groups excluding carboxylic acids is 1. The van der Waals surface area contributed by atoms with Gasteiger partial charge in [0, 0.05) is 5.56 Å². The maximum Gasteiger partial charge on any atom is 0.297 e. The van der Waals surface area contributed by atoms with Gasteiger partial charge in [0.25, 0.3) is 5.91 Å². The summed E-state index contributed by atoms with van der Waals surface area (Å²) in [6.45, 7) is 5.57. The molecular formula is C22H16FN3O3S. The number of amides is 1. The van der Waals surface area contributed by atoms with Crippen LogP contribution in [0.1, 0.15) is 43.9 Å². The number of rotatable bonds is 2. The summed E-state index contributed by atoms with van der Waals surface area (Å²) in [7, 11) is 0. The Balaban J connectivity index is 1.86. The molecule has 0 aliphatic carbocycles. The Kier molecular flexibility index (Phi) is 4.08. The molecule has 0 saturated carbocycles. The first-order valence-electron chi connectivity index (χ1n) is 9.33. The number of hydrogen-bond acceptors (Lipinski definition) is 6. The second-order valence-electron chi connectivity index (χ2n) is 7.31. The molecule has 5 rings (SSSR count). The van der Waals surface area contributed by atoms with Crippen LogP contribution in [0.2, 0.25) is 0 Å². The molecular weight excluding hydrogens is 405 g/mol. The van der Waals surface area contributed by atoms with Gasteiger partial charge in [-0.25, -0.2) is 4.39 Å². The van der Waals surface area contributed by atoms with E-state index in [1.165, 1.54) is 22.3 Å². The van der Waals surface area contributed by atoms with Crippen LogP contribution < -0.4 is 10.3 Å². The highest BCUT2D eigenvalue weighted by Crippen LogP contribution is 2.42. The normalized spacial score (nSPS) is 15.8. The average molecular weight is 421 g/mol. The van der Waals surface area contributed by atoms with Crippen LogP contribution in [0.25, 0.3) is 11.0 Å². The third-order valence-corrected chi connectivity index (χ3v) is 6.25. The molecule has 4 aromatic rings. The van der Waals surface area contributed by atoms with Crippen molar-refractivity contribution in [2.45, 2.75) is 26.8 Å². The van der Waals surface area contributed by atoms with Gasteiger partial charge in [-0.2, -0.15) is 0 Å². The minimum Gasteiger partial charge on any atom is -0.450 e. The van der Waals surface area contributed by atoms with Crippen LogP contribution >= 0.6 is 11.3 Å². The van der Waals surface area contributed by atoms with Crippen molar-refractivity contribution < 1.29 is 13.6 Å². The standard InChI is InChI=1S/C22H16FN3O3S/c1-10-8-14-16(9-11(10)2)29-20-17(19(14)27)18(13-6-4-5-7-15(13)23)26(21(20)28)22-25-24-12(3)30-22/h4-9,18H,1-3H3. The maximum absolute atomic E-state index is 14.8. The molecule has 0 bridgehead atoms. The topological polar surface area (TPSA) is 76.3 Å². The zero-order valence-corrected chi connectivity index (χ0v) is 17.2. The summed E-state index contributed by atoms with van der Waals surface area (Å²) in [4.78, 5) is 28.2. The van der Waals surface area contributed by atoms with Gasteiger partial charge in [-0.15, -0.1) is 10.2 Å². The molecule has 3 heterocycles. The van der Waals surface area contributed by atoms with Crippen molar-refractivity contribution in [3.05, 3.63) is 85.5 Å². The first-order valence-corrected chi connectivity index (χ1v) is 10.1. The summed E-state index contributed by atoms with van der Waals surface area (Å²) in [5, 5.41) is 9.35. The third-order valence-electron chi connectivity index (χ3n) is 5.41. The highest BCUT2D eigenvalue weighted by atomic mass is 32.1. The van der Waals surface area contributed by atoms with E-state index in [1.54, 1.807) is 37.3 Å². The zero-order valence-electron chi connectivity index (χ0n) is 16.4. The molecule has 30 heavy (non-hydrogen) atoms. The first-order chi connectivity index (χ1) is 14.4. The Morgan fingerprint density at radius 3 is 2.50 bits per heavy atom. The van der Waals surface area contributed by atoms with Crippen molar-refractivity contribution in [2.75, 3.05) is 4.90 Å². The number of nitrogens with zero attached hydrogens (tertiary/aromatic N) is 3. The van der Waals surface area contributed by atoms with E-state index in [0.717, 1.165) is 11.1 Å². The van der Waals surface area contributed by atoms with Gasteiger partial charge in [-0.3, -0.25) is 14.5 Å². The number of anilines is 1. The molecule has 0 radical (unpaired) electrons. The quantitative estimate of drug-likeness (QED) is 0.478. The number of carbonyl (C=O) groups is 1. The van der Waals surface area contributed by atoms with Gasteiger partial charge in [0.1, 0.15) is 22.4 Å². The predicted molar refractivity (Wildman–Crippen MR) is 112 cm³/mol. The Morgan fingerprint density at radius 2 is 1.80 bits per heavy atom. The second-order valence-corrected chi connectivity index (χ2v) is 8.47. The molecule has 0 spiro atoms. The van der Waals surface area contributed by atoms with E-state index >= 15 is 0 Å². The van der Waals surface area contributed by atoms with Crippen molar-refractivity contribution in [1.82, 2.24) is 10.2 Å². The molecule has 2 aromatic heterocycles. The van der Waals surface area contributed by atoms with Gasteiger partial charge in [0.05, 0.1) is 10.9 Å². The second kappa shape index (κ2) is 6.56. The lowest BCUT2D eigenvalue weighted by molar-refractivity contribution is 0.0970. The van der Waals surface area contributed by atoms with Crippen molar-refractivity contribution in [1.29, 1.82) is 0 Å². The van der Waals surface area contributed by atoms with E-state index in [1.807, 2.05) is 13.8 Å². The van der Waals surface area contributed by atoms with E-state index in [2.05, 4.69) is 10.2 Å². The number of fused-ring (bicyclic) bond motifs is 2. The van der Waals surface area contributed by atoms with Crippen molar-refractivity contribution >= 4 is 33.3 Å². The van der Waals surface area contributed by atoms with Crippen LogP contribution in [0, 0.1) is 26.6 Å². The molecule has 1 atom stereocenters. The predicted octanol–water partition coefficient (Wildman–Crippen LogP) is 4.46. The Hall–Kier alpha value is -3.39. The van der Waals surface area contributed by atoms with Gasteiger partial charge >= 0.3 is 0 Å². The van der Waals surface area contributed by atoms with Crippen LogP contribution in [-0.4, -0.2) is 16.1 Å². The minimum atomic E-state index is -0.983. The van der Waals surface area contributed by atoms with Crippen molar-refractivity contribution in [2.24, 2.45) is 0 Å². The highest BCUT2D eigenvalue weighted by Gasteiger charge is 2.46. The highest BCUT2D eigenvalue weighted by molar-refractivity contribution is 7.15. The van der Waals surface area contributed by atoms with Gasteiger partial charge in [0.2, 0.25) is 10.9 Å². The van der Waals surface area contributed by atoms with Crippen LogP contribution in [0.4, 0.5) is 9.52 Å². The summed E-state index contributed by atoms with van der Waals surface area (Å²) in [6, 6.07) is 8.60. The van der Waals surface area contributed by atoms with Crippen LogP contribution in [0.15, 0.2) is 45.6 Å². The van der Waals surface area contributed by atoms with Gasteiger partial charge in [0.15, 0.2) is 5.43 Å². The molecule has 150 valence electrons. The lowest BCUT2D eigenvalue weighted by atomic mass is 9.97. The minimum absolute atomic E-state index is 0.0862. The van der Waals surface area contributed by atoms with Crippen LogP contribution in [0.3, 0.4) is 0 Å². The maximum atomic E-state index is 14.8. The zero-order chi connectivity index (χ0) is 21.2. The van der Waals surface area contributed by atoms with E-state index in [9.17, 15) is 14.0 Å². The SMILES string of the molecule is Cc1nnc(N2C(=O)c3oc4cc(C)c(C)cc4c(=O)c3C2c2ccccc2F)s1. The number of hydrogen-bond donors (Lipinski definition) is 0. The average Bonchev–Trinajstić information content (AvgIpc) is 3.25. The molecule has 1 aliphatic heterocycles. The molecule has 1 aliphatic rings. The van der Waals surface area contributed by atoms with Gasteiger partial charge in [-0.1, -0.05) is 29.5 Å². The summed E-state index contributed by atoms with van der Waals surface area (Å²) < 4.78 is 20.7. The monoisotopic (exact) mass is 421 g/mol. The molecule has 2 aromatic carbocycles. The lowest BCUT2D eigenvalue weighted by Crippen LogP contribution is -2.30. The molecule has 0 saturated heterocycles. The smallest absolute Gasteiger partial charge is 0.297 e. The molecule has 1 amide bonds. The Labute approximate surface area is 174 Å². The Bertz CT molecular complexity index is 1410. The fourth-order valence-electron chi connectivity index (χ4n) is 3.80. The number of aromatic nitrogens is 2. The van der Waals surface area contributed by atoms with Gasteiger partial charge < -0.3 is 4.42 Å². The number of halogens is 1. The lowest BCUT2D eigenvalue weighted by Gasteiger charge is -2.22. The molecule has 1 unspecified atom stereocenters. The van der Waals surface area contributed by atoms with Crippen LogP contribution in [0.5, 0.6) is 0 Å². The molecule has 8 heteroatoms. The van der Waals surface area contributed by atoms with E-state index in [4.69, 9.17) is 4.42 Å². The van der Waals surface area contributed by atoms with Crippen molar-refractivity contribution in [3.8, 4) is 0 Å². The summed E-state index contributed by atoms with van der Waals surface area (Å²) in [6.07, 6.45) is 0. The van der Waals surface area contributed by atoms with Crippen molar-refractivity contribution in [3.63, 3.8) is 0 Å². The van der Waals surface area contributed by atoms with E-state index in [0.29, 0.717) is 16.0 Å². The first kappa shape index (κ1) is 18.6. The summed E-state index contributed by atoms with van der Waals surface area (Å²) in [5.41, 5.74) is 2.18. The third kappa shape index (κ3) is 2.60. The largest absolute Gasteiger partial charge is 0.450 e. The van der Waals surface area contributed by atoms with E-state index in [-0.39, 0.29) is 27.4 Å². The van der Waals surface area contributed by atoms with Gasteiger partial charge in [-0.05, 0) is 50.1 Å². The van der Waals surface area contributed by atoms with Crippen LogP contribution in [-0.2, 0) is 0 Å².